The van der Waals surface area contributed by atoms with Gasteiger partial charge in [-0.05, 0) is 50.5 Å². The minimum atomic E-state index is -0.957. The summed E-state index contributed by atoms with van der Waals surface area (Å²) in [6.45, 7) is 3.26. The second-order valence-corrected chi connectivity index (χ2v) is 6.98. The molecule has 1 aliphatic heterocycles. The maximum atomic E-state index is 13.7. The first-order chi connectivity index (χ1) is 13.5. The van der Waals surface area contributed by atoms with Crippen molar-refractivity contribution in [3.63, 3.8) is 0 Å². The third-order valence-electron chi connectivity index (χ3n) is 4.93. The van der Waals surface area contributed by atoms with Crippen LogP contribution in [-0.2, 0) is 0 Å². The van der Waals surface area contributed by atoms with Crippen LogP contribution < -0.4 is 5.32 Å². The number of nitrogens with zero attached hydrogens (tertiary/aromatic N) is 3. The summed E-state index contributed by atoms with van der Waals surface area (Å²) in [7, 11) is 0. The number of amides is 1. The summed E-state index contributed by atoms with van der Waals surface area (Å²) in [5, 5.41) is 3.74. The van der Waals surface area contributed by atoms with Gasteiger partial charge in [0.25, 0.3) is 5.91 Å². The van der Waals surface area contributed by atoms with Crippen LogP contribution in [0.5, 0.6) is 0 Å². The van der Waals surface area contributed by atoms with Crippen LogP contribution in [0.4, 0.5) is 20.2 Å². The fourth-order valence-electron chi connectivity index (χ4n) is 3.45. The first-order valence-electron chi connectivity index (χ1n) is 9.30. The number of halogens is 2. The van der Waals surface area contributed by atoms with E-state index in [1.807, 2.05) is 24.0 Å². The highest BCUT2D eigenvalue weighted by Gasteiger charge is 2.23. The molecule has 0 unspecified atom stereocenters. The van der Waals surface area contributed by atoms with Crippen molar-refractivity contribution in [2.45, 2.75) is 26.2 Å². The van der Waals surface area contributed by atoms with Crippen LogP contribution in [0.2, 0.25) is 0 Å². The Balaban J connectivity index is 1.81. The molecule has 5 nitrogen and oxygen atoms in total. The Bertz CT molecular complexity index is 1050. The number of piperidine rings is 1. The van der Waals surface area contributed by atoms with Gasteiger partial charge in [0.1, 0.15) is 0 Å². The molecule has 1 fully saturated rings. The van der Waals surface area contributed by atoms with Crippen molar-refractivity contribution >= 4 is 28.3 Å². The van der Waals surface area contributed by atoms with Gasteiger partial charge in [-0.25, -0.2) is 18.7 Å². The van der Waals surface area contributed by atoms with Gasteiger partial charge in [-0.2, -0.15) is 0 Å². The number of carbonyl (C=O) groups excluding carboxylic acids is 1. The summed E-state index contributed by atoms with van der Waals surface area (Å²) < 4.78 is 27.0. The summed E-state index contributed by atoms with van der Waals surface area (Å²) in [6.07, 6.45) is 4.57. The van der Waals surface area contributed by atoms with Gasteiger partial charge in [-0.1, -0.05) is 0 Å². The molecule has 28 heavy (non-hydrogen) atoms. The first-order valence-corrected chi connectivity index (χ1v) is 9.30. The molecule has 1 aliphatic rings. The normalized spacial score (nSPS) is 14.3. The van der Waals surface area contributed by atoms with Gasteiger partial charge in [0.05, 0.1) is 11.3 Å². The molecule has 3 aromatic rings. The monoisotopic (exact) mass is 382 g/mol. The van der Waals surface area contributed by atoms with Crippen LogP contribution >= 0.6 is 0 Å². The second kappa shape index (κ2) is 7.50. The van der Waals surface area contributed by atoms with Crippen molar-refractivity contribution in [3.05, 3.63) is 59.4 Å². The van der Waals surface area contributed by atoms with E-state index in [1.54, 1.807) is 0 Å². The predicted octanol–water partition coefficient (Wildman–Crippen LogP) is 4.59. The molecule has 1 N–H and O–H groups in total. The van der Waals surface area contributed by atoms with Gasteiger partial charge in [0, 0.05) is 42.1 Å². The number of rotatable bonds is 3. The molecule has 0 bridgehead atoms. The molecule has 4 rings (SSSR count). The van der Waals surface area contributed by atoms with Crippen molar-refractivity contribution < 1.29 is 13.6 Å². The number of nitrogens with one attached hydrogen (secondary N) is 1. The molecule has 144 valence electrons. The zero-order chi connectivity index (χ0) is 19.7. The molecule has 0 saturated carbocycles. The summed E-state index contributed by atoms with van der Waals surface area (Å²) >= 11 is 0. The van der Waals surface area contributed by atoms with Gasteiger partial charge >= 0.3 is 0 Å². The van der Waals surface area contributed by atoms with E-state index >= 15 is 0 Å². The number of hydrogen-bond donors (Lipinski definition) is 1. The van der Waals surface area contributed by atoms with Crippen molar-refractivity contribution in [2.24, 2.45) is 0 Å². The number of aromatic nitrogens is 2. The Morgan fingerprint density at radius 3 is 2.61 bits per heavy atom. The molecule has 0 atom stereocenters. The lowest BCUT2D eigenvalue weighted by Crippen LogP contribution is -2.36. The van der Waals surface area contributed by atoms with E-state index in [2.05, 4.69) is 15.3 Å². The Hall–Kier alpha value is -3.09. The highest BCUT2D eigenvalue weighted by Crippen LogP contribution is 2.30. The molecular formula is C21H20F2N4O. The third kappa shape index (κ3) is 3.52. The smallest absolute Gasteiger partial charge is 0.257 e. The van der Waals surface area contributed by atoms with Crippen molar-refractivity contribution in [3.8, 4) is 0 Å². The fourth-order valence-corrected chi connectivity index (χ4v) is 3.45. The first kappa shape index (κ1) is 18.3. The Labute approximate surface area is 161 Å². The van der Waals surface area contributed by atoms with Crippen LogP contribution in [0.15, 0.2) is 36.5 Å². The number of pyridine rings is 2. The number of fused-ring (bicyclic) bond motifs is 1. The molecule has 0 aliphatic carbocycles. The maximum Gasteiger partial charge on any atom is 0.257 e. The summed E-state index contributed by atoms with van der Waals surface area (Å²) in [5.74, 6) is -2.01. The average molecular weight is 382 g/mol. The standard InChI is InChI=1S/C21H20F2N4O/c1-13-5-7-15-19(26-14-6-8-17(22)18(23)11-14)16(12-24-20(15)25-13)21(28)27-9-3-2-4-10-27/h5-8,11-12H,2-4,9-10H2,1H3,(H,24,25,26). The minimum Gasteiger partial charge on any atom is -0.354 e. The van der Waals surface area contributed by atoms with E-state index in [-0.39, 0.29) is 5.91 Å². The van der Waals surface area contributed by atoms with Crippen LogP contribution in [-0.4, -0.2) is 33.9 Å². The van der Waals surface area contributed by atoms with Gasteiger partial charge < -0.3 is 10.2 Å². The van der Waals surface area contributed by atoms with Crippen LogP contribution in [0.25, 0.3) is 11.0 Å². The zero-order valence-electron chi connectivity index (χ0n) is 15.5. The molecule has 1 amide bonds. The lowest BCUT2D eigenvalue weighted by Gasteiger charge is -2.27. The quantitative estimate of drug-likeness (QED) is 0.720. The summed E-state index contributed by atoms with van der Waals surface area (Å²) in [4.78, 5) is 23.7. The molecule has 0 spiro atoms. The molecule has 1 saturated heterocycles. The van der Waals surface area contributed by atoms with Gasteiger partial charge in [0.2, 0.25) is 0 Å². The third-order valence-corrected chi connectivity index (χ3v) is 4.93. The van der Waals surface area contributed by atoms with E-state index in [9.17, 15) is 13.6 Å². The Morgan fingerprint density at radius 1 is 1.07 bits per heavy atom. The van der Waals surface area contributed by atoms with E-state index < -0.39 is 11.6 Å². The molecule has 7 heteroatoms. The predicted molar refractivity (Wildman–Crippen MR) is 104 cm³/mol. The average Bonchev–Trinajstić information content (AvgIpc) is 2.71. The number of carbonyl (C=O) groups is 1. The van der Waals surface area contributed by atoms with Gasteiger partial charge in [-0.3, -0.25) is 4.79 Å². The Morgan fingerprint density at radius 2 is 1.86 bits per heavy atom. The van der Waals surface area contributed by atoms with E-state index in [0.29, 0.717) is 41.1 Å². The van der Waals surface area contributed by atoms with Crippen molar-refractivity contribution in [2.75, 3.05) is 18.4 Å². The highest BCUT2D eigenvalue weighted by atomic mass is 19.2. The van der Waals surface area contributed by atoms with Crippen LogP contribution in [0.1, 0.15) is 35.3 Å². The number of aryl methyl sites for hydroxylation is 1. The molecular weight excluding hydrogens is 362 g/mol. The van der Waals surface area contributed by atoms with Crippen molar-refractivity contribution in [1.82, 2.24) is 14.9 Å². The number of benzene rings is 1. The van der Waals surface area contributed by atoms with Crippen LogP contribution in [0, 0.1) is 18.6 Å². The lowest BCUT2D eigenvalue weighted by molar-refractivity contribution is 0.0725. The van der Waals surface area contributed by atoms with E-state index in [1.165, 1.54) is 12.3 Å². The number of anilines is 2. The number of likely N-dealkylation sites (tertiary alicyclic amines) is 1. The largest absolute Gasteiger partial charge is 0.354 e. The second-order valence-electron chi connectivity index (χ2n) is 6.98. The molecule has 2 aromatic heterocycles. The minimum absolute atomic E-state index is 0.125. The maximum absolute atomic E-state index is 13.7. The van der Waals surface area contributed by atoms with E-state index in [0.717, 1.165) is 37.1 Å². The van der Waals surface area contributed by atoms with Crippen molar-refractivity contribution in [1.29, 1.82) is 0 Å². The highest BCUT2D eigenvalue weighted by molar-refractivity contribution is 6.07. The van der Waals surface area contributed by atoms with E-state index in [4.69, 9.17) is 0 Å². The summed E-state index contributed by atoms with van der Waals surface area (Å²) in [5.41, 5.74) is 2.53. The Kier molecular flexibility index (Phi) is 4.90. The molecule has 1 aromatic carbocycles. The topological polar surface area (TPSA) is 58.1 Å². The fraction of sp³-hybridized carbons (Fsp3) is 0.286. The molecule has 3 heterocycles. The van der Waals surface area contributed by atoms with Gasteiger partial charge in [-0.15, -0.1) is 0 Å². The van der Waals surface area contributed by atoms with Gasteiger partial charge in [0.15, 0.2) is 17.3 Å². The summed E-state index contributed by atoms with van der Waals surface area (Å²) in [6, 6.07) is 7.21. The molecule has 0 radical (unpaired) electrons. The number of hydrogen-bond acceptors (Lipinski definition) is 4. The van der Waals surface area contributed by atoms with Crippen LogP contribution in [0.3, 0.4) is 0 Å². The SMILES string of the molecule is Cc1ccc2c(Nc3ccc(F)c(F)c3)c(C(=O)N3CCCCC3)cnc2n1. The lowest BCUT2D eigenvalue weighted by atomic mass is 10.1. The zero-order valence-corrected chi connectivity index (χ0v) is 15.5.